The zero-order valence-electron chi connectivity index (χ0n) is 28.1. The molecule has 0 N–H and O–H groups in total. The molecule has 0 saturated carbocycles. The highest BCUT2D eigenvalue weighted by molar-refractivity contribution is 6.36. The Bertz CT molecular complexity index is 1740. The summed E-state index contributed by atoms with van der Waals surface area (Å²) in [6.45, 7) is 6.32. The Labute approximate surface area is 287 Å². The number of hydrogen-bond donors (Lipinski definition) is 0. The van der Waals surface area contributed by atoms with E-state index in [2.05, 4.69) is 22.8 Å². The maximum absolute atomic E-state index is 16.6. The van der Waals surface area contributed by atoms with Crippen LogP contribution in [0.3, 0.4) is 0 Å². The maximum atomic E-state index is 16.6. The molecule has 250 valence electrons. The first kappa shape index (κ1) is 31.7. The van der Waals surface area contributed by atoms with Crippen molar-refractivity contribution in [1.29, 1.82) is 0 Å². The molecule has 2 saturated heterocycles. The summed E-state index contributed by atoms with van der Waals surface area (Å²) in [6.07, 6.45) is 5.40. The van der Waals surface area contributed by atoms with Crippen molar-refractivity contribution >= 4 is 11.6 Å². The van der Waals surface area contributed by atoms with E-state index >= 15 is 4.39 Å². The molecule has 0 radical (unpaired) electrons. The third-order valence-corrected chi connectivity index (χ3v) is 11.5. The van der Waals surface area contributed by atoms with Crippen LogP contribution in [0.5, 0.6) is 11.8 Å². The smallest absolute Gasteiger partial charge is 0.218 e. The van der Waals surface area contributed by atoms with Crippen molar-refractivity contribution in [3.8, 4) is 45.4 Å². The van der Waals surface area contributed by atoms with Crippen molar-refractivity contribution < 1.29 is 18.6 Å². The number of aromatic nitrogens is 2. The number of hydrogen-bond acceptors (Lipinski definition) is 7. The summed E-state index contributed by atoms with van der Waals surface area (Å²) in [6, 6.07) is 15.9. The van der Waals surface area contributed by atoms with Gasteiger partial charge >= 0.3 is 0 Å². The standard InChI is InChI=1S/C39H42ClFN4O3/c1-5-22-18-44(19-22)32-14-12-23-16-30(42-38(47-3)34(23)32)28-10-6-8-26(36(28)40)27-9-7-11-29(37(27)41)31-17-24-13-15-33(35(24)39(43-31)48-4)45-20-25(21-45)46-2/h6-11,16-17,22,25,32-33H,5,12-15,18-21H2,1-4H3/t32-,33+/m1/s1. The molecule has 0 spiro atoms. The molecule has 2 aromatic heterocycles. The molecule has 2 aliphatic carbocycles. The lowest BCUT2D eigenvalue weighted by Gasteiger charge is -2.43. The number of ether oxygens (including phenoxy) is 3. The topological polar surface area (TPSA) is 60.0 Å². The normalized spacial score (nSPS) is 21.1. The van der Waals surface area contributed by atoms with Crippen molar-refractivity contribution in [2.24, 2.45) is 5.92 Å². The van der Waals surface area contributed by atoms with Gasteiger partial charge in [0.15, 0.2) is 0 Å². The van der Waals surface area contributed by atoms with Gasteiger partial charge in [-0.25, -0.2) is 14.4 Å². The van der Waals surface area contributed by atoms with Gasteiger partial charge in [-0.05, 0) is 60.9 Å². The Morgan fingerprint density at radius 2 is 1.27 bits per heavy atom. The summed E-state index contributed by atoms with van der Waals surface area (Å²) in [4.78, 5) is 14.8. The average Bonchev–Trinajstić information content (AvgIpc) is 3.68. The summed E-state index contributed by atoms with van der Waals surface area (Å²) in [5.74, 6) is 1.63. The molecule has 2 atom stereocenters. The number of methoxy groups -OCH3 is 3. The number of aryl methyl sites for hydroxylation is 2. The van der Waals surface area contributed by atoms with E-state index < -0.39 is 0 Å². The van der Waals surface area contributed by atoms with Crippen LogP contribution in [-0.4, -0.2) is 73.4 Å². The molecule has 4 aromatic rings. The van der Waals surface area contributed by atoms with Gasteiger partial charge in [-0.15, -0.1) is 0 Å². The predicted molar refractivity (Wildman–Crippen MR) is 186 cm³/mol. The van der Waals surface area contributed by atoms with Crippen LogP contribution < -0.4 is 9.47 Å². The van der Waals surface area contributed by atoms with Crippen LogP contribution in [0, 0.1) is 11.7 Å². The Morgan fingerprint density at radius 3 is 1.83 bits per heavy atom. The van der Waals surface area contributed by atoms with Crippen LogP contribution in [0.25, 0.3) is 33.6 Å². The third-order valence-electron chi connectivity index (χ3n) is 11.1. The molecule has 9 heteroatoms. The average molecular weight is 669 g/mol. The molecule has 2 fully saturated rings. The molecule has 0 unspecified atom stereocenters. The van der Waals surface area contributed by atoms with Gasteiger partial charge in [0.05, 0.1) is 36.7 Å². The van der Waals surface area contributed by atoms with Crippen molar-refractivity contribution in [3.63, 3.8) is 0 Å². The molecular weight excluding hydrogens is 627 g/mol. The summed E-state index contributed by atoms with van der Waals surface area (Å²) < 4.78 is 33.8. The van der Waals surface area contributed by atoms with Gasteiger partial charge in [0, 0.05) is 78.8 Å². The second-order valence-electron chi connectivity index (χ2n) is 13.7. The molecule has 7 nitrogen and oxygen atoms in total. The van der Waals surface area contributed by atoms with Crippen molar-refractivity contribution in [3.05, 3.63) is 81.6 Å². The summed E-state index contributed by atoms with van der Waals surface area (Å²) in [7, 11) is 5.09. The summed E-state index contributed by atoms with van der Waals surface area (Å²) in [5, 5.41) is 0.456. The Balaban J connectivity index is 1.12. The van der Waals surface area contributed by atoms with Crippen molar-refractivity contribution in [2.75, 3.05) is 47.5 Å². The van der Waals surface area contributed by atoms with E-state index in [4.69, 9.17) is 35.8 Å². The minimum absolute atomic E-state index is 0.238. The Morgan fingerprint density at radius 1 is 0.750 bits per heavy atom. The second-order valence-corrected chi connectivity index (χ2v) is 14.0. The fourth-order valence-electron chi connectivity index (χ4n) is 8.35. The van der Waals surface area contributed by atoms with Crippen molar-refractivity contribution in [2.45, 2.75) is 57.2 Å². The van der Waals surface area contributed by atoms with E-state index in [0.29, 0.717) is 45.2 Å². The highest BCUT2D eigenvalue weighted by atomic mass is 35.5. The first-order chi connectivity index (χ1) is 23.4. The van der Waals surface area contributed by atoms with E-state index in [1.807, 2.05) is 30.3 Å². The van der Waals surface area contributed by atoms with E-state index in [-0.39, 0.29) is 18.0 Å². The molecular formula is C39H42ClFN4O3. The van der Waals surface area contributed by atoms with Crippen LogP contribution in [0.4, 0.5) is 4.39 Å². The molecule has 2 aliphatic heterocycles. The van der Waals surface area contributed by atoms with Crippen LogP contribution in [0.2, 0.25) is 5.02 Å². The fraction of sp³-hybridized carbons (Fsp3) is 0.436. The highest BCUT2D eigenvalue weighted by Gasteiger charge is 2.40. The van der Waals surface area contributed by atoms with Gasteiger partial charge in [-0.2, -0.15) is 0 Å². The predicted octanol–water partition coefficient (Wildman–Crippen LogP) is 7.93. The van der Waals surface area contributed by atoms with Crippen LogP contribution in [0.15, 0.2) is 48.5 Å². The molecule has 0 bridgehead atoms. The van der Waals surface area contributed by atoms with Gasteiger partial charge in [-0.1, -0.05) is 55.3 Å². The zero-order chi connectivity index (χ0) is 33.1. The van der Waals surface area contributed by atoms with E-state index in [9.17, 15) is 0 Å². The molecule has 8 rings (SSSR count). The second kappa shape index (κ2) is 12.7. The number of likely N-dealkylation sites (tertiary alicyclic amines) is 2. The first-order valence-corrected chi connectivity index (χ1v) is 17.5. The van der Waals surface area contributed by atoms with Crippen molar-refractivity contribution in [1.82, 2.24) is 19.8 Å². The molecule has 48 heavy (non-hydrogen) atoms. The lowest BCUT2D eigenvalue weighted by Crippen LogP contribution is -2.52. The van der Waals surface area contributed by atoms with Gasteiger partial charge in [-0.3, -0.25) is 9.80 Å². The van der Waals surface area contributed by atoms with E-state index in [0.717, 1.165) is 80.2 Å². The first-order valence-electron chi connectivity index (χ1n) is 17.2. The number of rotatable bonds is 9. The fourth-order valence-corrected chi connectivity index (χ4v) is 8.68. The lowest BCUT2D eigenvalue weighted by atomic mass is 9.93. The molecule has 4 heterocycles. The number of benzene rings is 2. The quantitative estimate of drug-likeness (QED) is 0.180. The van der Waals surface area contributed by atoms with Crippen LogP contribution >= 0.6 is 11.6 Å². The van der Waals surface area contributed by atoms with Gasteiger partial charge in [0.1, 0.15) is 5.82 Å². The molecule has 2 aromatic carbocycles. The largest absolute Gasteiger partial charge is 0.481 e. The van der Waals surface area contributed by atoms with Gasteiger partial charge < -0.3 is 14.2 Å². The molecule has 0 amide bonds. The highest BCUT2D eigenvalue weighted by Crippen LogP contribution is 2.48. The molecule has 4 aliphatic rings. The number of pyridine rings is 2. The zero-order valence-corrected chi connectivity index (χ0v) is 28.8. The SMILES string of the molecule is CCC1CN([C@@H]2CCc3cc(-c4cccc(-c5cccc(-c6cc7c(c(OC)n6)[C@@H](N6CC(OC)C6)CC7)c5F)c4Cl)nc(OC)c32)C1. The van der Waals surface area contributed by atoms with Crippen LogP contribution in [0.1, 0.15) is 60.5 Å². The third kappa shape index (κ3) is 5.20. The minimum Gasteiger partial charge on any atom is -0.481 e. The Hall–Kier alpha value is -3.56. The summed E-state index contributed by atoms with van der Waals surface area (Å²) in [5.41, 5.74) is 8.22. The summed E-state index contributed by atoms with van der Waals surface area (Å²) >= 11 is 7.14. The number of nitrogens with zero attached hydrogens (tertiary/aromatic N) is 4. The van der Waals surface area contributed by atoms with Gasteiger partial charge in [0.25, 0.3) is 0 Å². The Kier molecular flexibility index (Phi) is 8.40. The number of halogens is 2. The van der Waals surface area contributed by atoms with Gasteiger partial charge in [0.2, 0.25) is 11.8 Å². The van der Waals surface area contributed by atoms with E-state index in [1.165, 1.54) is 17.5 Å². The monoisotopic (exact) mass is 668 g/mol. The lowest BCUT2D eigenvalue weighted by molar-refractivity contribution is -0.0514. The van der Waals surface area contributed by atoms with Crippen LogP contribution in [-0.2, 0) is 17.6 Å². The minimum atomic E-state index is -0.367. The van der Waals surface area contributed by atoms with E-state index in [1.54, 1.807) is 33.5 Å². The number of fused-ring (bicyclic) bond motifs is 2. The maximum Gasteiger partial charge on any atom is 0.218 e.